The zero-order valence-corrected chi connectivity index (χ0v) is 11.3. The average molecular weight is 304 g/mol. The minimum Gasteiger partial charge on any atom is -0.381 e. The summed E-state index contributed by atoms with van der Waals surface area (Å²) in [7, 11) is 0. The zero-order valence-electron chi connectivity index (χ0n) is 8.87. The number of hydrogen-bond donors (Lipinski definition) is 1. The molecular formula is C11H14BrNO2S. The lowest BCUT2D eigenvalue weighted by Gasteiger charge is -2.20. The summed E-state index contributed by atoms with van der Waals surface area (Å²) in [6.45, 7) is 1.98. The summed E-state index contributed by atoms with van der Waals surface area (Å²) in [5.74, 6) is 0.154. The number of halogens is 1. The van der Waals surface area contributed by atoms with Gasteiger partial charge in [0.15, 0.2) is 0 Å². The maximum atomic E-state index is 11.8. The molecule has 0 aromatic carbocycles. The molecule has 1 aliphatic rings. The fraction of sp³-hybridized carbons (Fsp3) is 0.545. The summed E-state index contributed by atoms with van der Waals surface area (Å²) >= 11 is 5.05. The van der Waals surface area contributed by atoms with E-state index in [1.54, 1.807) is 11.3 Å². The summed E-state index contributed by atoms with van der Waals surface area (Å²) in [6, 6.07) is 4.02. The highest BCUT2D eigenvalue weighted by molar-refractivity contribution is 9.11. The van der Waals surface area contributed by atoms with Crippen LogP contribution in [0.2, 0.25) is 0 Å². The molecule has 0 bridgehead atoms. The van der Waals surface area contributed by atoms with Crippen LogP contribution in [0.15, 0.2) is 15.9 Å². The van der Waals surface area contributed by atoms with Gasteiger partial charge in [-0.25, -0.2) is 0 Å². The second-order valence-corrected chi connectivity index (χ2v) is 6.39. The highest BCUT2D eigenvalue weighted by atomic mass is 79.9. The van der Waals surface area contributed by atoms with Gasteiger partial charge in [0.25, 0.3) is 0 Å². The SMILES string of the molecule is O=C(NCc1ccc(Br)s1)C1CCCOC1. The number of carbonyl (C=O) groups excluding carboxylic acids is 1. The van der Waals surface area contributed by atoms with Crippen LogP contribution in [0.25, 0.3) is 0 Å². The van der Waals surface area contributed by atoms with Gasteiger partial charge in [0.05, 0.1) is 22.9 Å². The predicted molar refractivity (Wildman–Crippen MR) is 67.4 cm³/mol. The molecule has 88 valence electrons. The summed E-state index contributed by atoms with van der Waals surface area (Å²) in [5, 5.41) is 2.95. The maximum Gasteiger partial charge on any atom is 0.225 e. The van der Waals surface area contributed by atoms with E-state index < -0.39 is 0 Å². The Morgan fingerprint density at radius 2 is 2.50 bits per heavy atom. The van der Waals surface area contributed by atoms with Gasteiger partial charge in [-0.1, -0.05) is 0 Å². The molecule has 5 heteroatoms. The smallest absolute Gasteiger partial charge is 0.225 e. The van der Waals surface area contributed by atoms with Gasteiger partial charge >= 0.3 is 0 Å². The monoisotopic (exact) mass is 303 g/mol. The van der Waals surface area contributed by atoms with E-state index in [0.29, 0.717) is 13.2 Å². The Hall–Kier alpha value is -0.390. The van der Waals surface area contributed by atoms with Crippen LogP contribution in [0.1, 0.15) is 17.7 Å². The van der Waals surface area contributed by atoms with E-state index >= 15 is 0 Å². The van der Waals surface area contributed by atoms with Gasteiger partial charge in [-0.15, -0.1) is 11.3 Å². The second kappa shape index (κ2) is 5.80. The molecule has 2 rings (SSSR count). The molecule has 1 N–H and O–H groups in total. The highest BCUT2D eigenvalue weighted by Crippen LogP contribution is 2.22. The molecule has 1 aromatic rings. The lowest BCUT2D eigenvalue weighted by atomic mass is 10.0. The number of hydrogen-bond acceptors (Lipinski definition) is 3. The van der Waals surface area contributed by atoms with E-state index in [0.717, 1.165) is 28.1 Å². The van der Waals surface area contributed by atoms with E-state index in [1.807, 2.05) is 12.1 Å². The van der Waals surface area contributed by atoms with Gasteiger partial charge in [0, 0.05) is 11.5 Å². The molecule has 1 aliphatic heterocycles. The molecule has 0 aliphatic carbocycles. The van der Waals surface area contributed by atoms with Gasteiger partial charge in [0.2, 0.25) is 5.91 Å². The Bertz CT molecular complexity index is 361. The van der Waals surface area contributed by atoms with Crippen molar-refractivity contribution in [3.8, 4) is 0 Å². The van der Waals surface area contributed by atoms with Gasteiger partial charge in [-0.05, 0) is 40.9 Å². The van der Waals surface area contributed by atoms with Crippen molar-refractivity contribution >= 4 is 33.2 Å². The molecule has 3 nitrogen and oxygen atoms in total. The van der Waals surface area contributed by atoms with Crippen molar-refractivity contribution in [2.75, 3.05) is 13.2 Å². The molecular weight excluding hydrogens is 290 g/mol. The van der Waals surface area contributed by atoms with Gasteiger partial charge in [-0.3, -0.25) is 4.79 Å². The summed E-state index contributed by atoms with van der Waals surface area (Å²) in [5.41, 5.74) is 0. The minimum absolute atomic E-state index is 0.0390. The lowest BCUT2D eigenvalue weighted by molar-refractivity contribution is -0.129. The van der Waals surface area contributed by atoms with Crippen LogP contribution in [0.3, 0.4) is 0 Å². The summed E-state index contributed by atoms with van der Waals surface area (Å²) in [4.78, 5) is 12.9. The van der Waals surface area contributed by atoms with E-state index in [4.69, 9.17) is 4.74 Å². The number of nitrogens with one attached hydrogen (secondary N) is 1. The molecule has 1 unspecified atom stereocenters. The highest BCUT2D eigenvalue weighted by Gasteiger charge is 2.21. The summed E-state index contributed by atoms with van der Waals surface area (Å²) < 4.78 is 6.39. The first-order valence-corrected chi connectivity index (χ1v) is 6.96. The fourth-order valence-corrected chi connectivity index (χ4v) is 3.14. The van der Waals surface area contributed by atoms with Crippen LogP contribution in [-0.2, 0) is 16.1 Å². The first-order chi connectivity index (χ1) is 7.75. The number of rotatable bonds is 3. The number of thiophene rings is 1. The standard InChI is InChI=1S/C11H14BrNO2S/c12-10-4-3-9(16-10)6-13-11(14)8-2-1-5-15-7-8/h3-4,8H,1-2,5-7H2,(H,13,14). The van der Waals surface area contributed by atoms with Crippen LogP contribution in [0.4, 0.5) is 0 Å². The summed E-state index contributed by atoms with van der Waals surface area (Å²) in [6.07, 6.45) is 1.93. The van der Waals surface area contributed by atoms with Crippen molar-refractivity contribution < 1.29 is 9.53 Å². The lowest BCUT2D eigenvalue weighted by Crippen LogP contribution is -2.35. The molecule has 1 fully saturated rings. The number of amides is 1. The topological polar surface area (TPSA) is 38.3 Å². The predicted octanol–water partition coefficient (Wildman–Crippen LogP) is 2.55. The minimum atomic E-state index is 0.0390. The van der Waals surface area contributed by atoms with Crippen molar-refractivity contribution in [2.45, 2.75) is 19.4 Å². The molecule has 0 spiro atoms. The average Bonchev–Trinajstić information content (AvgIpc) is 2.73. The van der Waals surface area contributed by atoms with Crippen molar-refractivity contribution in [1.82, 2.24) is 5.32 Å². The van der Waals surface area contributed by atoms with Crippen molar-refractivity contribution in [2.24, 2.45) is 5.92 Å². The van der Waals surface area contributed by atoms with Crippen molar-refractivity contribution in [3.05, 3.63) is 20.8 Å². The van der Waals surface area contributed by atoms with Crippen LogP contribution in [0.5, 0.6) is 0 Å². The first kappa shape index (κ1) is 12.1. The fourth-order valence-electron chi connectivity index (χ4n) is 1.71. The van der Waals surface area contributed by atoms with Crippen molar-refractivity contribution in [3.63, 3.8) is 0 Å². The van der Waals surface area contributed by atoms with Crippen LogP contribution >= 0.6 is 27.3 Å². The largest absolute Gasteiger partial charge is 0.381 e. The van der Waals surface area contributed by atoms with Gasteiger partial charge < -0.3 is 10.1 Å². The third-order valence-electron chi connectivity index (χ3n) is 2.60. The molecule has 16 heavy (non-hydrogen) atoms. The molecule has 1 aromatic heterocycles. The first-order valence-electron chi connectivity index (χ1n) is 5.35. The number of carbonyl (C=O) groups is 1. The van der Waals surface area contributed by atoms with Crippen LogP contribution in [-0.4, -0.2) is 19.1 Å². The van der Waals surface area contributed by atoms with E-state index in [9.17, 15) is 4.79 Å². The molecule has 1 amide bonds. The van der Waals surface area contributed by atoms with E-state index in [-0.39, 0.29) is 11.8 Å². The zero-order chi connectivity index (χ0) is 11.4. The Morgan fingerprint density at radius 3 is 3.12 bits per heavy atom. The molecule has 0 saturated carbocycles. The quantitative estimate of drug-likeness (QED) is 0.932. The Morgan fingerprint density at radius 1 is 1.62 bits per heavy atom. The maximum absolute atomic E-state index is 11.8. The van der Waals surface area contributed by atoms with Crippen LogP contribution in [0, 0.1) is 5.92 Å². The third-order valence-corrected chi connectivity index (χ3v) is 4.22. The Labute approximate surface area is 107 Å². The van der Waals surface area contributed by atoms with Crippen molar-refractivity contribution in [1.29, 1.82) is 0 Å². The number of ether oxygens (including phenoxy) is 1. The Kier molecular flexibility index (Phi) is 4.37. The van der Waals surface area contributed by atoms with Gasteiger partial charge in [-0.2, -0.15) is 0 Å². The Balaban J connectivity index is 1.78. The molecule has 1 atom stereocenters. The third kappa shape index (κ3) is 3.30. The molecule has 1 saturated heterocycles. The second-order valence-electron chi connectivity index (χ2n) is 3.84. The van der Waals surface area contributed by atoms with Crippen LogP contribution < -0.4 is 5.32 Å². The van der Waals surface area contributed by atoms with Gasteiger partial charge in [0.1, 0.15) is 0 Å². The molecule has 2 heterocycles. The normalized spacial score (nSPS) is 20.7. The molecule has 0 radical (unpaired) electrons. The van der Waals surface area contributed by atoms with E-state index in [2.05, 4.69) is 21.2 Å². The van der Waals surface area contributed by atoms with E-state index in [1.165, 1.54) is 0 Å².